The van der Waals surface area contributed by atoms with Gasteiger partial charge in [0.1, 0.15) is 5.82 Å². The third kappa shape index (κ3) is 1.96. The minimum absolute atomic E-state index is 0.337. The van der Waals surface area contributed by atoms with Crippen LogP contribution in [0.4, 0.5) is 8.78 Å². The van der Waals surface area contributed by atoms with Crippen LogP contribution in [0.3, 0.4) is 0 Å². The molecule has 1 aromatic rings. The molecule has 15 heavy (non-hydrogen) atoms. The van der Waals surface area contributed by atoms with Gasteiger partial charge in [-0.05, 0) is 31.9 Å². The molecule has 0 radical (unpaired) electrons. The van der Waals surface area contributed by atoms with E-state index in [1.54, 1.807) is 12.1 Å². The lowest BCUT2D eigenvalue weighted by molar-refractivity contribution is 0.607. The van der Waals surface area contributed by atoms with E-state index in [0.717, 1.165) is 5.56 Å². The highest BCUT2D eigenvalue weighted by Crippen LogP contribution is 2.30. The van der Waals surface area contributed by atoms with Gasteiger partial charge in [0.2, 0.25) is 5.95 Å². The molecule has 0 amide bonds. The number of benzene rings is 1. The summed E-state index contributed by atoms with van der Waals surface area (Å²) in [6, 6.07) is 4.69. The van der Waals surface area contributed by atoms with E-state index >= 15 is 0 Å². The molecule has 1 nitrogen and oxygen atoms in total. The van der Waals surface area contributed by atoms with Gasteiger partial charge in [-0.1, -0.05) is 11.6 Å². The number of aliphatic imine (C=N–C) groups is 1. The molecule has 0 fully saturated rings. The normalized spacial score (nSPS) is 15.9. The summed E-state index contributed by atoms with van der Waals surface area (Å²) < 4.78 is 26.8. The molecule has 1 aliphatic heterocycles. The fraction of sp³-hybridized carbons (Fsp3) is 0.250. The molecule has 2 rings (SSSR count). The summed E-state index contributed by atoms with van der Waals surface area (Å²) in [5, 5.41) is 0. The summed E-state index contributed by atoms with van der Waals surface area (Å²) in [4.78, 5) is 3.58. The first kappa shape index (κ1) is 10.0. The Hall–Kier alpha value is -1.51. The Morgan fingerprint density at radius 1 is 1.27 bits per heavy atom. The topological polar surface area (TPSA) is 12.4 Å². The van der Waals surface area contributed by atoms with E-state index in [0.29, 0.717) is 24.0 Å². The number of rotatable bonds is 1. The predicted molar refractivity (Wildman–Crippen MR) is 56.9 cm³/mol. The lowest BCUT2D eigenvalue weighted by atomic mass is 9.98. The van der Waals surface area contributed by atoms with Gasteiger partial charge in [-0.25, -0.2) is 9.38 Å². The van der Waals surface area contributed by atoms with E-state index in [2.05, 4.69) is 4.99 Å². The van der Waals surface area contributed by atoms with Gasteiger partial charge >= 0.3 is 0 Å². The van der Waals surface area contributed by atoms with Gasteiger partial charge in [-0.3, -0.25) is 0 Å². The molecule has 0 saturated carbocycles. The first-order valence-corrected chi connectivity index (χ1v) is 4.86. The van der Waals surface area contributed by atoms with Gasteiger partial charge in [-0.2, -0.15) is 4.39 Å². The van der Waals surface area contributed by atoms with E-state index in [1.165, 1.54) is 12.3 Å². The minimum atomic E-state index is -0.564. The van der Waals surface area contributed by atoms with Gasteiger partial charge in [0.05, 0.1) is 0 Å². The Balaban J connectivity index is 2.53. The average molecular weight is 207 g/mol. The Morgan fingerprint density at radius 2 is 2.07 bits per heavy atom. The smallest absolute Gasteiger partial charge is 0.216 e. The summed E-state index contributed by atoms with van der Waals surface area (Å²) in [5.41, 5.74) is 1.63. The SMILES string of the molecule is Cc1ccc(F)c(C2=C(F)N=CCC2)c1. The van der Waals surface area contributed by atoms with Crippen molar-refractivity contribution in [3.05, 3.63) is 41.1 Å². The third-order valence-electron chi connectivity index (χ3n) is 2.42. The minimum Gasteiger partial charge on any atom is -0.233 e. The summed E-state index contributed by atoms with van der Waals surface area (Å²) in [6.07, 6.45) is 2.69. The molecule has 78 valence electrons. The first-order chi connectivity index (χ1) is 7.18. The van der Waals surface area contributed by atoms with E-state index in [1.807, 2.05) is 6.92 Å². The van der Waals surface area contributed by atoms with Crippen molar-refractivity contribution >= 4 is 11.8 Å². The van der Waals surface area contributed by atoms with Crippen molar-refractivity contribution in [3.8, 4) is 0 Å². The van der Waals surface area contributed by atoms with Crippen molar-refractivity contribution in [2.75, 3.05) is 0 Å². The van der Waals surface area contributed by atoms with Crippen molar-refractivity contribution in [3.63, 3.8) is 0 Å². The van der Waals surface area contributed by atoms with Crippen LogP contribution in [-0.4, -0.2) is 6.21 Å². The van der Waals surface area contributed by atoms with Crippen LogP contribution in [0.5, 0.6) is 0 Å². The van der Waals surface area contributed by atoms with E-state index in [-0.39, 0.29) is 5.82 Å². The highest BCUT2D eigenvalue weighted by atomic mass is 19.1. The molecular formula is C12H11F2N. The fourth-order valence-electron chi connectivity index (χ4n) is 1.65. The second-order valence-corrected chi connectivity index (χ2v) is 3.60. The van der Waals surface area contributed by atoms with Crippen LogP contribution in [0.15, 0.2) is 29.1 Å². The third-order valence-corrected chi connectivity index (χ3v) is 2.42. The zero-order valence-corrected chi connectivity index (χ0v) is 8.43. The van der Waals surface area contributed by atoms with Crippen molar-refractivity contribution < 1.29 is 8.78 Å². The largest absolute Gasteiger partial charge is 0.233 e. The number of hydrogen-bond acceptors (Lipinski definition) is 1. The lowest BCUT2D eigenvalue weighted by Gasteiger charge is -2.11. The fourth-order valence-corrected chi connectivity index (χ4v) is 1.65. The van der Waals surface area contributed by atoms with Crippen molar-refractivity contribution in [2.24, 2.45) is 4.99 Å². The van der Waals surface area contributed by atoms with Gasteiger partial charge in [-0.15, -0.1) is 0 Å². The maximum Gasteiger partial charge on any atom is 0.216 e. The van der Waals surface area contributed by atoms with E-state index in [9.17, 15) is 8.78 Å². The number of hydrogen-bond donors (Lipinski definition) is 0. The first-order valence-electron chi connectivity index (χ1n) is 4.86. The van der Waals surface area contributed by atoms with Crippen molar-refractivity contribution in [1.82, 2.24) is 0 Å². The van der Waals surface area contributed by atoms with Crippen LogP contribution in [0.2, 0.25) is 0 Å². The van der Waals surface area contributed by atoms with Gasteiger partial charge < -0.3 is 0 Å². The number of nitrogens with zero attached hydrogens (tertiary/aromatic N) is 1. The molecule has 0 N–H and O–H groups in total. The van der Waals surface area contributed by atoms with Crippen molar-refractivity contribution in [2.45, 2.75) is 19.8 Å². The second kappa shape index (κ2) is 3.93. The van der Waals surface area contributed by atoms with Crippen LogP contribution in [-0.2, 0) is 0 Å². The quantitative estimate of drug-likeness (QED) is 0.623. The standard InChI is InChI=1S/C12H11F2N/c1-8-4-5-11(13)10(7-8)9-3-2-6-15-12(9)14/h4-7H,2-3H2,1H3. The highest BCUT2D eigenvalue weighted by molar-refractivity contribution is 5.76. The predicted octanol–water partition coefficient (Wildman–Crippen LogP) is 3.64. The summed E-state index contributed by atoms with van der Waals surface area (Å²) in [7, 11) is 0. The Labute approximate surface area is 87.2 Å². The molecule has 0 bridgehead atoms. The van der Waals surface area contributed by atoms with E-state index < -0.39 is 5.95 Å². The lowest BCUT2D eigenvalue weighted by Crippen LogP contribution is -1.97. The Morgan fingerprint density at radius 3 is 2.80 bits per heavy atom. The maximum absolute atomic E-state index is 13.5. The van der Waals surface area contributed by atoms with Crippen LogP contribution in [0, 0.1) is 12.7 Å². The van der Waals surface area contributed by atoms with Gasteiger partial charge in [0.25, 0.3) is 0 Å². The highest BCUT2D eigenvalue weighted by Gasteiger charge is 2.15. The van der Waals surface area contributed by atoms with Gasteiger partial charge in [0, 0.05) is 17.4 Å². The van der Waals surface area contributed by atoms with E-state index in [4.69, 9.17) is 0 Å². The zero-order chi connectivity index (χ0) is 10.8. The molecule has 0 spiro atoms. The number of halogens is 2. The van der Waals surface area contributed by atoms with Crippen LogP contribution in [0.25, 0.3) is 5.57 Å². The van der Waals surface area contributed by atoms with Gasteiger partial charge in [0.15, 0.2) is 0 Å². The molecule has 0 saturated heterocycles. The van der Waals surface area contributed by atoms with Crippen LogP contribution in [0.1, 0.15) is 24.0 Å². The monoisotopic (exact) mass is 207 g/mol. The van der Waals surface area contributed by atoms with Crippen molar-refractivity contribution in [1.29, 1.82) is 0 Å². The molecule has 1 aromatic carbocycles. The van der Waals surface area contributed by atoms with Crippen LogP contribution < -0.4 is 0 Å². The average Bonchev–Trinajstić information content (AvgIpc) is 2.23. The molecular weight excluding hydrogens is 196 g/mol. The molecule has 0 atom stereocenters. The zero-order valence-electron chi connectivity index (χ0n) is 8.43. The number of aryl methyl sites for hydroxylation is 1. The summed E-state index contributed by atoms with van der Waals surface area (Å²) in [6.45, 7) is 1.85. The number of allylic oxidation sites excluding steroid dienone is 1. The molecule has 3 heteroatoms. The summed E-state index contributed by atoms with van der Waals surface area (Å²) in [5.74, 6) is -0.950. The Kier molecular flexibility index (Phi) is 2.62. The molecule has 0 unspecified atom stereocenters. The summed E-state index contributed by atoms with van der Waals surface area (Å²) >= 11 is 0. The molecule has 0 aromatic heterocycles. The molecule has 1 heterocycles. The second-order valence-electron chi connectivity index (χ2n) is 3.60. The van der Waals surface area contributed by atoms with Crippen LogP contribution >= 0.6 is 0 Å². The molecule has 0 aliphatic carbocycles. The maximum atomic E-state index is 13.5. The Bertz CT molecular complexity index is 447. The molecule has 1 aliphatic rings.